The average molecular weight is 646 g/mol. The molecule has 0 aliphatic heterocycles. The molecule has 1 aromatic carbocycles. The largest absolute Gasteiger partial charge is 0.354 e. The molecule has 0 fully saturated rings. The van der Waals surface area contributed by atoms with Gasteiger partial charge in [-0.25, -0.2) is 19.7 Å². The minimum absolute atomic E-state index is 0.256. The molecular weight excluding hydrogens is 611 g/mol. The number of anilines is 2. The molecule has 13 heteroatoms. The second-order valence-corrected chi connectivity index (χ2v) is 12.3. The van der Waals surface area contributed by atoms with Crippen molar-refractivity contribution in [3.8, 4) is 34.0 Å². The van der Waals surface area contributed by atoms with Crippen LogP contribution in [0, 0.1) is 22.7 Å². The molecule has 0 spiro atoms. The Morgan fingerprint density at radius 3 is 2.51 bits per heavy atom. The summed E-state index contributed by atoms with van der Waals surface area (Å²) < 4.78 is 1.71. The number of carbonyl (C=O) groups excluding carboxylic acids is 1. The minimum atomic E-state index is -0.594. The van der Waals surface area contributed by atoms with E-state index in [-0.39, 0.29) is 6.03 Å². The van der Waals surface area contributed by atoms with E-state index in [1.165, 1.54) is 17.5 Å². The van der Waals surface area contributed by atoms with Crippen LogP contribution < -0.4 is 15.5 Å². The van der Waals surface area contributed by atoms with Crippen LogP contribution in [0.5, 0.6) is 0 Å². The molecule has 12 nitrogen and oxygen atoms in total. The first-order valence-electron chi connectivity index (χ1n) is 15.3. The molecule has 2 amide bonds. The Morgan fingerprint density at radius 2 is 1.85 bits per heavy atom. The molecule has 0 saturated heterocycles. The Bertz CT molecular complexity index is 1890. The number of urea groups is 1. The summed E-state index contributed by atoms with van der Waals surface area (Å²) in [7, 11) is 1.84. The SMILES string of the molecule is CCCC(C)(CCCNc1ncc(C#N)c(-c2ccc(C#N)s2)n1)N(C(=O)NCc1ccccc1)c1cnc(-c2cnn(C)c2)cn1. The van der Waals surface area contributed by atoms with E-state index in [0.29, 0.717) is 59.5 Å². The molecule has 2 N–H and O–H groups in total. The smallest absolute Gasteiger partial charge is 0.323 e. The van der Waals surface area contributed by atoms with E-state index in [1.54, 1.807) is 40.3 Å². The summed E-state index contributed by atoms with van der Waals surface area (Å²) in [5, 5.41) is 29.4. The Balaban J connectivity index is 1.34. The zero-order chi connectivity index (χ0) is 33.2. The fourth-order valence-corrected chi connectivity index (χ4v) is 6.24. The number of thiophene rings is 1. The van der Waals surface area contributed by atoms with Crippen molar-refractivity contribution >= 4 is 29.1 Å². The molecule has 0 bridgehead atoms. The molecule has 1 atom stereocenters. The molecule has 0 aliphatic rings. The van der Waals surface area contributed by atoms with Gasteiger partial charge in [-0.2, -0.15) is 15.6 Å². The van der Waals surface area contributed by atoms with Crippen LogP contribution in [0.2, 0.25) is 0 Å². The molecule has 0 aliphatic carbocycles. The van der Waals surface area contributed by atoms with Crippen molar-refractivity contribution in [1.29, 1.82) is 10.5 Å². The molecule has 47 heavy (non-hydrogen) atoms. The van der Waals surface area contributed by atoms with E-state index in [0.717, 1.165) is 28.8 Å². The van der Waals surface area contributed by atoms with Crippen LogP contribution in [0.15, 0.2) is 73.4 Å². The van der Waals surface area contributed by atoms with E-state index >= 15 is 0 Å². The van der Waals surface area contributed by atoms with Crippen LogP contribution in [0.3, 0.4) is 0 Å². The number of hydrogen-bond donors (Lipinski definition) is 2. The third kappa shape index (κ3) is 7.95. The normalized spacial score (nSPS) is 12.0. The fraction of sp³-hybridized carbons (Fsp3) is 0.294. The van der Waals surface area contributed by atoms with Gasteiger partial charge >= 0.3 is 6.03 Å². The Kier molecular flexibility index (Phi) is 10.5. The van der Waals surface area contributed by atoms with Gasteiger partial charge in [-0.1, -0.05) is 43.7 Å². The lowest BCUT2D eigenvalue weighted by Crippen LogP contribution is -2.54. The van der Waals surface area contributed by atoms with Gasteiger partial charge in [-0.05, 0) is 43.9 Å². The van der Waals surface area contributed by atoms with Gasteiger partial charge in [0.2, 0.25) is 5.95 Å². The van der Waals surface area contributed by atoms with Crippen LogP contribution in [0.4, 0.5) is 16.6 Å². The first kappa shape index (κ1) is 32.7. The molecule has 5 rings (SSSR count). The second kappa shape index (κ2) is 15.1. The number of hydrogen-bond acceptors (Lipinski definition) is 10. The average Bonchev–Trinajstić information content (AvgIpc) is 3.76. The number of nitrogens with zero attached hydrogens (tertiary/aromatic N) is 9. The van der Waals surface area contributed by atoms with Gasteiger partial charge < -0.3 is 10.6 Å². The van der Waals surface area contributed by atoms with Crippen LogP contribution in [-0.4, -0.2) is 47.8 Å². The number of aromatic nitrogens is 6. The van der Waals surface area contributed by atoms with E-state index in [4.69, 9.17) is 4.98 Å². The van der Waals surface area contributed by atoms with E-state index in [1.807, 2.05) is 43.6 Å². The van der Waals surface area contributed by atoms with Gasteiger partial charge in [0.15, 0.2) is 5.82 Å². The third-order valence-corrected chi connectivity index (χ3v) is 8.72. The summed E-state index contributed by atoms with van der Waals surface area (Å²) in [5.74, 6) is 0.845. The fourth-order valence-electron chi connectivity index (χ4n) is 5.44. The maximum absolute atomic E-state index is 14.0. The molecule has 1 unspecified atom stereocenters. The van der Waals surface area contributed by atoms with Crippen molar-refractivity contribution in [2.75, 3.05) is 16.8 Å². The van der Waals surface area contributed by atoms with Crippen LogP contribution in [0.25, 0.3) is 21.8 Å². The van der Waals surface area contributed by atoms with Crippen molar-refractivity contribution in [3.05, 3.63) is 89.5 Å². The first-order valence-corrected chi connectivity index (χ1v) is 16.1. The lowest BCUT2D eigenvalue weighted by molar-refractivity contribution is 0.234. The summed E-state index contributed by atoms with van der Waals surface area (Å²) in [6.45, 7) is 5.08. The van der Waals surface area contributed by atoms with Crippen LogP contribution in [-0.2, 0) is 13.6 Å². The Labute approximate surface area is 277 Å². The van der Waals surface area contributed by atoms with Gasteiger partial charge in [0.1, 0.15) is 22.7 Å². The molecular formula is C34H35N11OS. The number of benzene rings is 1. The molecule has 238 valence electrons. The number of nitrogens with one attached hydrogen (secondary N) is 2. The van der Waals surface area contributed by atoms with Crippen molar-refractivity contribution in [3.63, 3.8) is 0 Å². The van der Waals surface area contributed by atoms with Gasteiger partial charge in [-0.3, -0.25) is 14.6 Å². The zero-order valence-electron chi connectivity index (χ0n) is 26.5. The first-order chi connectivity index (χ1) is 22.8. The minimum Gasteiger partial charge on any atom is -0.354 e. The van der Waals surface area contributed by atoms with Gasteiger partial charge in [-0.15, -0.1) is 11.3 Å². The van der Waals surface area contributed by atoms with Crippen molar-refractivity contribution < 1.29 is 4.79 Å². The summed E-state index contributed by atoms with van der Waals surface area (Å²) in [5.41, 5.74) is 2.73. The summed E-state index contributed by atoms with van der Waals surface area (Å²) in [4.78, 5) is 35.2. The molecule has 5 aromatic rings. The van der Waals surface area contributed by atoms with Gasteiger partial charge in [0, 0.05) is 37.4 Å². The monoisotopic (exact) mass is 645 g/mol. The highest BCUT2D eigenvalue weighted by Crippen LogP contribution is 2.32. The highest BCUT2D eigenvalue weighted by molar-refractivity contribution is 7.16. The quantitative estimate of drug-likeness (QED) is 0.140. The Hall–Kier alpha value is -5.66. The summed E-state index contributed by atoms with van der Waals surface area (Å²) >= 11 is 1.28. The highest BCUT2D eigenvalue weighted by Gasteiger charge is 2.36. The lowest BCUT2D eigenvalue weighted by atomic mass is 9.88. The maximum Gasteiger partial charge on any atom is 0.323 e. The third-order valence-electron chi connectivity index (χ3n) is 7.72. The predicted molar refractivity (Wildman–Crippen MR) is 181 cm³/mol. The van der Waals surface area contributed by atoms with Crippen LogP contribution in [0.1, 0.15) is 55.5 Å². The van der Waals surface area contributed by atoms with E-state index in [2.05, 4.69) is 56.7 Å². The van der Waals surface area contributed by atoms with E-state index < -0.39 is 5.54 Å². The number of nitriles is 2. The van der Waals surface area contributed by atoms with Crippen molar-refractivity contribution in [2.24, 2.45) is 7.05 Å². The number of aryl methyl sites for hydroxylation is 1. The molecule has 0 radical (unpaired) electrons. The highest BCUT2D eigenvalue weighted by atomic mass is 32.1. The zero-order valence-corrected chi connectivity index (χ0v) is 27.3. The van der Waals surface area contributed by atoms with Crippen molar-refractivity contribution in [1.82, 2.24) is 35.0 Å². The summed E-state index contributed by atoms with van der Waals surface area (Å²) in [6, 6.07) is 17.3. The number of rotatable bonds is 13. The molecule has 4 heterocycles. The van der Waals surface area contributed by atoms with E-state index in [9.17, 15) is 15.3 Å². The topological polar surface area (TPSA) is 161 Å². The molecule has 4 aromatic heterocycles. The van der Waals surface area contributed by atoms with Gasteiger partial charge in [0.25, 0.3) is 0 Å². The predicted octanol–water partition coefficient (Wildman–Crippen LogP) is 6.31. The Morgan fingerprint density at radius 1 is 1.02 bits per heavy atom. The molecule has 0 saturated carbocycles. The van der Waals surface area contributed by atoms with Crippen LogP contribution >= 0.6 is 11.3 Å². The summed E-state index contributed by atoms with van der Waals surface area (Å²) in [6.07, 6.45) is 11.3. The van der Waals surface area contributed by atoms with Crippen molar-refractivity contribution in [2.45, 2.75) is 51.6 Å². The maximum atomic E-state index is 14.0. The number of carbonyl (C=O) groups is 1. The van der Waals surface area contributed by atoms with Gasteiger partial charge in [0.05, 0.1) is 40.9 Å². The lowest BCUT2D eigenvalue weighted by Gasteiger charge is -2.41. The standard InChI is InChI=1S/C34H35N11OS/c1-4-13-34(2,14-8-15-37-32-40-19-25(16-35)31(43-32)29-12-11-27(17-36)47-29)45(33(46)41-18-24-9-6-5-7-10-24)30-22-38-28(21-39-30)26-20-42-44(3)23-26/h5-7,9-12,19-23H,4,8,13-15,18H2,1-3H3,(H,41,46)(H,37,40,43). The second-order valence-electron chi connectivity index (χ2n) is 11.3. The number of amides is 2.